The Hall–Kier alpha value is -3.08. The summed E-state index contributed by atoms with van der Waals surface area (Å²) in [6, 6.07) is 12.4. The summed E-state index contributed by atoms with van der Waals surface area (Å²) in [5, 5.41) is 13.7. The highest BCUT2D eigenvalue weighted by atomic mass is 35.5. The van der Waals surface area contributed by atoms with E-state index in [-0.39, 0.29) is 41.8 Å². The number of halogens is 3. The molecule has 1 aliphatic rings. The molecule has 0 unspecified atom stereocenters. The van der Waals surface area contributed by atoms with Crippen molar-refractivity contribution in [1.82, 2.24) is 20.6 Å². The van der Waals surface area contributed by atoms with Crippen molar-refractivity contribution in [2.45, 2.75) is 52.1 Å². The van der Waals surface area contributed by atoms with Crippen LogP contribution in [0, 0.1) is 0 Å². The number of hydrogen-bond donors (Lipinski definition) is 4. The molecule has 0 spiro atoms. The largest absolute Gasteiger partial charge is 0.456 e. The molecule has 0 atom stereocenters. The maximum absolute atomic E-state index is 12.6. The summed E-state index contributed by atoms with van der Waals surface area (Å²) in [7, 11) is 1.71. The summed E-state index contributed by atoms with van der Waals surface area (Å²) in [4.78, 5) is 21.5. The molecule has 0 saturated heterocycles. The van der Waals surface area contributed by atoms with Gasteiger partial charge in [0.15, 0.2) is 0 Å². The van der Waals surface area contributed by atoms with Crippen LogP contribution < -0.4 is 26.0 Å². The number of benzene rings is 2. The number of methoxy groups -OCH3 is 1. The Morgan fingerprint density at radius 3 is 2.53 bits per heavy atom. The normalized spacial score (nSPS) is 12.8. The lowest BCUT2D eigenvalue weighted by molar-refractivity contribution is 0.0919. The smallest absolute Gasteiger partial charge is 0.251 e. The quantitative estimate of drug-likeness (QED) is 0.182. The predicted molar refractivity (Wildman–Crippen MR) is 180 cm³/mol. The highest BCUT2D eigenvalue weighted by molar-refractivity contribution is 6.32. The first-order chi connectivity index (χ1) is 19.4. The van der Waals surface area contributed by atoms with Gasteiger partial charge in [0, 0.05) is 42.5 Å². The lowest BCUT2D eigenvalue weighted by Gasteiger charge is -2.26. The van der Waals surface area contributed by atoms with Crippen molar-refractivity contribution in [2.24, 2.45) is 0 Å². The number of amides is 1. The van der Waals surface area contributed by atoms with Crippen molar-refractivity contribution < 1.29 is 14.3 Å². The van der Waals surface area contributed by atoms with Crippen LogP contribution in [0.1, 0.15) is 57.0 Å². The lowest BCUT2D eigenvalue weighted by atomic mass is 10.0. The molecule has 0 aliphatic carbocycles. The number of rotatable bonds is 10. The third-order valence-electron chi connectivity index (χ3n) is 6.28. The second-order valence-electron chi connectivity index (χ2n) is 11.7. The van der Waals surface area contributed by atoms with Gasteiger partial charge in [-0.3, -0.25) is 4.79 Å². The minimum absolute atomic E-state index is 0. The van der Waals surface area contributed by atoms with Gasteiger partial charge in [0.25, 0.3) is 5.91 Å². The summed E-state index contributed by atoms with van der Waals surface area (Å²) in [5.41, 5.74) is 2.89. The molecule has 1 aliphatic heterocycles. The number of anilines is 3. The number of ether oxygens (including phenoxy) is 2. The van der Waals surface area contributed by atoms with Gasteiger partial charge in [0.2, 0.25) is 0 Å². The zero-order chi connectivity index (χ0) is 29.6. The molecule has 4 N–H and O–H groups in total. The second kappa shape index (κ2) is 15.6. The van der Waals surface area contributed by atoms with Crippen molar-refractivity contribution in [1.29, 1.82) is 0 Å². The molecular weight excluding hydrogens is 611 g/mol. The Morgan fingerprint density at radius 1 is 1.07 bits per heavy atom. The summed E-state index contributed by atoms with van der Waals surface area (Å²) in [6.07, 6.45) is 4.55. The number of fused-ring (bicyclic) bond motifs is 1. The standard InChI is InChI=1S/C31H39ClN6O3.2ClH/c1-30(2,3)38-29(39)21-8-7-9-23(15-21)41-26-11-10-22(16-25(26)32)37-28-24-14-20(17-36-31(4,5)18-40-6)12-13-33-27(24)34-19-35-28;;/h7-11,14-16,19,36H,12-13,17-18H2,1-6H3,(H,38,39)(H2,33,34,35,37);2*1H. The Balaban J connectivity index is 0.00000323. The number of nitrogens with zero attached hydrogens (tertiary/aromatic N) is 2. The third-order valence-corrected chi connectivity index (χ3v) is 6.57. The maximum atomic E-state index is 12.6. The maximum Gasteiger partial charge on any atom is 0.251 e. The van der Waals surface area contributed by atoms with Crippen LogP contribution in [0.5, 0.6) is 11.5 Å². The van der Waals surface area contributed by atoms with Crippen LogP contribution in [-0.2, 0) is 4.74 Å². The number of aromatic nitrogens is 2. The molecule has 234 valence electrons. The molecule has 1 amide bonds. The van der Waals surface area contributed by atoms with Gasteiger partial charge in [-0.15, -0.1) is 24.8 Å². The van der Waals surface area contributed by atoms with Crippen LogP contribution in [0.4, 0.5) is 17.3 Å². The first-order valence-corrected chi connectivity index (χ1v) is 14.0. The first-order valence-electron chi connectivity index (χ1n) is 13.6. The Labute approximate surface area is 271 Å². The zero-order valence-electron chi connectivity index (χ0n) is 25.3. The monoisotopic (exact) mass is 650 g/mol. The van der Waals surface area contributed by atoms with E-state index in [4.69, 9.17) is 21.1 Å². The minimum atomic E-state index is -0.340. The molecule has 0 fully saturated rings. The van der Waals surface area contributed by atoms with Gasteiger partial charge in [-0.1, -0.05) is 23.2 Å². The molecule has 1 aromatic heterocycles. The van der Waals surface area contributed by atoms with Crippen molar-refractivity contribution in [3.63, 3.8) is 0 Å². The van der Waals surface area contributed by atoms with E-state index in [1.165, 1.54) is 11.9 Å². The van der Waals surface area contributed by atoms with Crippen LogP contribution >= 0.6 is 36.4 Å². The summed E-state index contributed by atoms with van der Waals surface area (Å²) >= 11 is 6.62. The second-order valence-corrected chi connectivity index (χ2v) is 12.1. The molecule has 9 nitrogen and oxygen atoms in total. The Bertz CT molecular complexity index is 1430. The zero-order valence-corrected chi connectivity index (χ0v) is 27.7. The third kappa shape index (κ3) is 10.5. The van der Waals surface area contributed by atoms with Crippen LogP contribution in [-0.4, -0.2) is 53.8 Å². The van der Waals surface area contributed by atoms with Gasteiger partial charge < -0.3 is 30.7 Å². The fourth-order valence-corrected chi connectivity index (χ4v) is 4.55. The molecule has 2 heterocycles. The van der Waals surface area contributed by atoms with Gasteiger partial charge >= 0.3 is 0 Å². The van der Waals surface area contributed by atoms with E-state index in [2.05, 4.69) is 51.2 Å². The highest BCUT2D eigenvalue weighted by Gasteiger charge is 2.20. The average Bonchev–Trinajstić information content (AvgIpc) is 3.11. The van der Waals surface area contributed by atoms with Crippen LogP contribution in [0.3, 0.4) is 0 Å². The summed E-state index contributed by atoms with van der Waals surface area (Å²) in [6.45, 7) is 12.2. The molecule has 0 bridgehead atoms. The minimum Gasteiger partial charge on any atom is -0.456 e. The van der Waals surface area contributed by atoms with E-state index < -0.39 is 0 Å². The lowest BCUT2D eigenvalue weighted by Crippen LogP contribution is -2.44. The van der Waals surface area contributed by atoms with Crippen LogP contribution in [0.15, 0.2) is 54.4 Å². The molecule has 0 saturated carbocycles. The summed E-state index contributed by atoms with van der Waals surface area (Å²) in [5.74, 6) is 2.26. The van der Waals surface area contributed by atoms with Crippen LogP contribution in [0.25, 0.3) is 6.08 Å². The number of nitrogens with one attached hydrogen (secondary N) is 4. The van der Waals surface area contributed by atoms with E-state index >= 15 is 0 Å². The van der Waals surface area contributed by atoms with Gasteiger partial charge in [0.1, 0.15) is 29.5 Å². The van der Waals surface area contributed by atoms with Crippen molar-refractivity contribution in [3.05, 3.63) is 70.5 Å². The average molecular weight is 652 g/mol. The van der Waals surface area contributed by atoms with Gasteiger partial charge in [-0.25, -0.2) is 9.97 Å². The van der Waals surface area contributed by atoms with Crippen molar-refractivity contribution >= 4 is 65.7 Å². The van der Waals surface area contributed by atoms with E-state index in [1.807, 2.05) is 26.8 Å². The topological polar surface area (TPSA) is 109 Å². The molecule has 2 aromatic carbocycles. The number of hydrogen-bond acceptors (Lipinski definition) is 8. The fourth-order valence-electron chi connectivity index (χ4n) is 4.33. The van der Waals surface area contributed by atoms with E-state index in [1.54, 1.807) is 43.5 Å². The summed E-state index contributed by atoms with van der Waals surface area (Å²) < 4.78 is 11.4. The van der Waals surface area contributed by atoms with Crippen LogP contribution in [0.2, 0.25) is 5.02 Å². The molecule has 43 heavy (non-hydrogen) atoms. The Morgan fingerprint density at radius 2 is 1.84 bits per heavy atom. The molecular formula is C31H41Cl3N6O3. The SMILES string of the molecule is COCC(C)(C)NCC1=Cc2c(ncnc2Nc2ccc(Oc3cccc(C(=O)NC(C)(C)C)c3)c(Cl)c2)NCC1.Cl.Cl. The van der Waals surface area contributed by atoms with Gasteiger partial charge in [-0.2, -0.15) is 0 Å². The highest BCUT2D eigenvalue weighted by Crippen LogP contribution is 2.34. The first kappa shape index (κ1) is 36.1. The Kier molecular flexibility index (Phi) is 13.1. The predicted octanol–water partition coefficient (Wildman–Crippen LogP) is 7.25. The van der Waals surface area contributed by atoms with E-state index in [0.717, 1.165) is 36.6 Å². The van der Waals surface area contributed by atoms with Gasteiger partial charge in [-0.05, 0) is 83.5 Å². The molecule has 4 rings (SSSR count). The van der Waals surface area contributed by atoms with E-state index in [9.17, 15) is 4.79 Å². The van der Waals surface area contributed by atoms with E-state index in [0.29, 0.717) is 34.5 Å². The molecule has 12 heteroatoms. The molecule has 3 aromatic rings. The molecule has 0 radical (unpaired) electrons. The van der Waals surface area contributed by atoms with Gasteiger partial charge in [0.05, 0.1) is 17.2 Å². The van der Waals surface area contributed by atoms with Crippen molar-refractivity contribution in [3.8, 4) is 11.5 Å². The number of carbonyl (C=O) groups excluding carboxylic acids is 1. The van der Waals surface area contributed by atoms with Crippen molar-refractivity contribution in [2.75, 3.05) is 37.4 Å². The fraction of sp³-hybridized carbons (Fsp3) is 0.387. The number of carbonyl (C=O) groups is 1.